The van der Waals surface area contributed by atoms with Gasteiger partial charge in [-0.2, -0.15) is 5.10 Å². The summed E-state index contributed by atoms with van der Waals surface area (Å²) in [5.41, 5.74) is -0.344. The quantitative estimate of drug-likeness (QED) is 0.617. The number of nitrogens with one attached hydrogen (secondary N) is 1. The van der Waals surface area contributed by atoms with Gasteiger partial charge in [-0.3, -0.25) is 10.1 Å². The van der Waals surface area contributed by atoms with Crippen LogP contribution in [0, 0.1) is 5.41 Å². The third-order valence-corrected chi connectivity index (χ3v) is 2.62. The largest absolute Gasteiger partial charge is 0.480 e. The number of hydrogen-bond donors (Lipinski definition) is 1. The average Bonchev–Trinajstić information content (AvgIpc) is 2.85. The van der Waals surface area contributed by atoms with Crippen LogP contribution in [0.5, 0.6) is 0 Å². The molecule has 2 rings (SSSR count). The summed E-state index contributed by atoms with van der Waals surface area (Å²) >= 11 is 5.78. The molecule has 1 aromatic rings. The third kappa shape index (κ3) is 1.39. The first-order chi connectivity index (χ1) is 6.69. The Morgan fingerprint density at radius 2 is 2.50 bits per heavy atom. The van der Waals surface area contributed by atoms with E-state index in [1.807, 2.05) is 6.92 Å². The molecule has 76 valence electrons. The van der Waals surface area contributed by atoms with E-state index in [1.165, 1.54) is 0 Å². The second kappa shape index (κ2) is 3.28. The van der Waals surface area contributed by atoms with E-state index < -0.39 is 0 Å². The van der Waals surface area contributed by atoms with E-state index in [4.69, 9.17) is 21.7 Å². The minimum Gasteiger partial charge on any atom is -0.480 e. The van der Waals surface area contributed by atoms with Crippen molar-refractivity contribution in [3.05, 3.63) is 17.4 Å². The summed E-state index contributed by atoms with van der Waals surface area (Å²) < 4.78 is 6.94. The standard InChI is InChI=1S/C9H12ClN3O/c1-2-14-8(11)9(3-4-9)13-6-7(10)5-12-13/h5-6,11H,2-4H2,1H3. The minimum absolute atomic E-state index is 0.291. The van der Waals surface area contributed by atoms with E-state index in [0.717, 1.165) is 12.8 Å². The van der Waals surface area contributed by atoms with Crippen LogP contribution in [0.15, 0.2) is 12.4 Å². The van der Waals surface area contributed by atoms with E-state index in [-0.39, 0.29) is 5.54 Å². The monoisotopic (exact) mass is 213 g/mol. The first kappa shape index (κ1) is 9.52. The van der Waals surface area contributed by atoms with Gasteiger partial charge in [-0.15, -0.1) is 0 Å². The Morgan fingerprint density at radius 3 is 2.93 bits per heavy atom. The van der Waals surface area contributed by atoms with Crippen LogP contribution in [0.1, 0.15) is 19.8 Å². The van der Waals surface area contributed by atoms with Gasteiger partial charge < -0.3 is 4.74 Å². The molecule has 5 heteroatoms. The van der Waals surface area contributed by atoms with E-state index in [9.17, 15) is 0 Å². The lowest BCUT2D eigenvalue weighted by atomic mass is 10.3. The molecule has 0 aromatic carbocycles. The molecule has 4 nitrogen and oxygen atoms in total. The number of hydrogen-bond acceptors (Lipinski definition) is 3. The van der Waals surface area contributed by atoms with Crippen molar-refractivity contribution in [3.63, 3.8) is 0 Å². The van der Waals surface area contributed by atoms with Gasteiger partial charge in [0.15, 0.2) is 0 Å². The summed E-state index contributed by atoms with van der Waals surface area (Å²) in [6, 6.07) is 0. The topological polar surface area (TPSA) is 50.9 Å². The van der Waals surface area contributed by atoms with Gasteiger partial charge in [0.1, 0.15) is 5.54 Å². The molecule has 1 saturated carbocycles. The maximum absolute atomic E-state index is 7.77. The SMILES string of the molecule is CCOC(=N)C1(n2cc(Cl)cn2)CC1. The van der Waals surface area contributed by atoms with Crippen molar-refractivity contribution < 1.29 is 4.74 Å². The fraction of sp³-hybridized carbons (Fsp3) is 0.556. The Kier molecular flexibility index (Phi) is 2.23. The first-order valence-corrected chi connectivity index (χ1v) is 4.99. The number of rotatable bonds is 3. The molecule has 0 bridgehead atoms. The molecule has 1 aliphatic carbocycles. The molecule has 1 N–H and O–H groups in total. The van der Waals surface area contributed by atoms with Crippen LogP contribution in [-0.2, 0) is 10.3 Å². The zero-order chi connectivity index (χ0) is 10.2. The van der Waals surface area contributed by atoms with Crippen LogP contribution in [0.25, 0.3) is 0 Å². The highest BCUT2D eigenvalue weighted by molar-refractivity contribution is 6.30. The molecule has 0 radical (unpaired) electrons. The van der Waals surface area contributed by atoms with Gasteiger partial charge >= 0.3 is 0 Å². The van der Waals surface area contributed by atoms with Gasteiger partial charge in [0.25, 0.3) is 0 Å². The van der Waals surface area contributed by atoms with Crippen molar-refractivity contribution in [2.75, 3.05) is 6.61 Å². The van der Waals surface area contributed by atoms with Crippen molar-refractivity contribution in [3.8, 4) is 0 Å². The van der Waals surface area contributed by atoms with E-state index >= 15 is 0 Å². The molecular weight excluding hydrogens is 202 g/mol. The third-order valence-electron chi connectivity index (χ3n) is 2.42. The molecule has 1 fully saturated rings. The summed E-state index contributed by atoms with van der Waals surface area (Å²) in [6.45, 7) is 2.40. The van der Waals surface area contributed by atoms with Crippen LogP contribution in [-0.4, -0.2) is 22.3 Å². The van der Waals surface area contributed by atoms with Gasteiger partial charge in [-0.25, -0.2) is 0 Å². The van der Waals surface area contributed by atoms with Crippen LogP contribution in [0.2, 0.25) is 5.02 Å². The summed E-state index contributed by atoms with van der Waals surface area (Å²) in [5, 5.41) is 12.5. The molecular formula is C9H12ClN3O. The lowest BCUT2D eigenvalue weighted by molar-refractivity contribution is 0.285. The highest BCUT2D eigenvalue weighted by Crippen LogP contribution is 2.44. The summed E-state index contributed by atoms with van der Waals surface area (Å²) in [7, 11) is 0. The molecule has 0 amide bonds. The Hall–Kier alpha value is -1.03. The summed E-state index contributed by atoms with van der Waals surface area (Å²) in [5.74, 6) is 0.291. The number of nitrogens with zero attached hydrogens (tertiary/aromatic N) is 2. The van der Waals surface area contributed by atoms with Crippen LogP contribution in [0.4, 0.5) is 0 Å². The zero-order valence-electron chi connectivity index (χ0n) is 7.96. The average molecular weight is 214 g/mol. The van der Waals surface area contributed by atoms with Crippen molar-refractivity contribution in [1.82, 2.24) is 9.78 Å². The maximum Gasteiger partial charge on any atom is 0.209 e. The molecule has 0 unspecified atom stereocenters. The lowest BCUT2D eigenvalue weighted by Gasteiger charge is -2.16. The lowest BCUT2D eigenvalue weighted by Crippen LogP contribution is -2.29. The Morgan fingerprint density at radius 1 is 1.79 bits per heavy atom. The van der Waals surface area contributed by atoms with Gasteiger partial charge in [-0.05, 0) is 19.8 Å². The predicted octanol–water partition coefficient (Wildman–Crippen LogP) is 2.04. The molecule has 0 saturated heterocycles. The zero-order valence-corrected chi connectivity index (χ0v) is 8.71. The van der Waals surface area contributed by atoms with Crippen molar-refractivity contribution in [1.29, 1.82) is 5.41 Å². The van der Waals surface area contributed by atoms with Crippen molar-refractivity contribution in [2.45, 2.75) is 25.3 Å². The molecule has 14 heavy (non-hydrogen) atoms. The Labute approximate surface area is 87.3 Å². The molecule has 0 spiro atoms. The van der Waals surface area contributed by atoms with Gasteiger partial charge in [0.05, 0.1) is 17.8 Å². The van der Waals surface area contributed by atoms with Crippen LogP contribution >= 0.6 is 11.6 Å². The van der Waals surface area contributed by atoms with E-state index in [1.54, 1.807) is 17.1 Å². The van der Waals surface area contributed by atoms with Crippen molar-refractivity contribution in [2.24, 2.45) is 0 Å². The Balaban J connectivity index is 2.21. The second-order valence-electron chi connectivity index (χ2n) is 3.40. The summed E-state index contributed by atoms with van der Waals surface area (Å²) in [4.78, 5) is 0. The normalized spacial score (nSPS) is 17.9. The number of halogens is 1. The highest BCUT2D eigenvalue weighted by atomic mass is 35.5. The fourth-order valence-corrected chi connectivity index (χ4v) is 1.63. The van der Waals surface area contributed by atoms with Gasteiger partial charge in [0.2, 0.25) is 5.90 Å². The fourth-order valence-electron chi connectivity index (χ4n) is 1.49. The molecule has 0 atom stereocenters. The predicted molar refractivity (Wildman–Crippen MR) is 53.8 cm³/mol. The molecule has 1 aromatic heterocycles. The Bertz CT molecular complexity index is 357. The first-order valence-electron chi connectivity index (χ1n) is 4.61. The van der Waals surface area contributed by atoms with Crippen LogP contribution in [0.3, 0.4) is 0 Å². The van der Waals surface area contributed by atoms with Crippen molar-refractivity contribution >= 4 is 17.5 Å². The van der Waals surface area contributed by atoms with E-state index in [0.29, 0.717) is 17.5 Å². The van der Waals surface area contributed by atoms with Crippen LogP contribution < -0.4 is 0 Å². The van der Waals surface area contributed by atoms with E-state index in [2.05, 4.69) is 5.10 Å². The maximum atomic E-state index is 7.77. The molecule has 1 aliphatic rings. The number of ether oxygens (including phenoxy) is 1. The van der Waals surface area contributed by atoms with Gasteiger partial charge in [-0.1, -0.05) is 11.6 Å². The summed E-state index contributed by atoms with van der Waals surface area (Å²) in [6.07, 6.45) is 5.14. The highest BCUT2D eigenvalue weighted by Gasteiger charge is 2.51. The molecule has 0 aliphatic heterocycles. The number of aromatic nitrogens is 2. The second-order valence-corrected chi connectivity index (χ2v) is 3.83. The minimum atomic E-state index is -0.344. The van der Waals surface area contributed by atoms with Gasteiger partial charge in [0, 0.05) is 6.20 Å². The molecule has 1 heterocycles. The smallest absolute Gasteiger partial charge is 0.209 e.